The summed E-state index contributed by atoms with van der Waals surface area (Å²) in [6.45, 7) is 13.5. The van der Waals surface area contributed by atoms with E-state index in [1.807, 2.05) is 0 Å². The zero-order chi connectivity index (χ0) is 17.0. The molecule has 0 bridgehead atoms. The van der Waals surface area contributed by atoms with E-state index < -0.39 is 0 Å². The van der Waals surface area contributed by atoms with Crippen molar-refractivity contribution in [2.45, 2.75) is 52.0 Å². The van der Waals surface area contributed by atoms with Crippen molar-refractivity contribution in [3.63, 3.8) is 0 Å². The van der Waals surface area contributed by atoms with Crippen LogP contribution in [-0.2, 0) is 0 Å². The summed E-state index contributed by atoms with van der Waals surface area (Å²) in [5, 5.41) is 3.55. The summed E-state index contributed by atoms with van der Waals surface area (Å²) < 4.78 is 0. The van der Waals surface area contributed by atoms with E-state index in [1.165, 1.54) is 71.4 Å². The first-order chi connectivity index (χ1) is 11.6. The molecule has 1 N–H and O–H groups in total. The van der Waals surface area contributed by atoms with E-state index >= 15 is 0 Å². The molecule has 2 heterocycles. The first-order valence-corrected chi connectivity index (χ1v) is 10.1. The monoisotopic (exact) mass is 463 g/mol. The number of rotatable bonds is 4. The van der Waals surface area contributed by atoms with Gasteiger partial charge >= 0.3 is 0 Å². The normalized spacial score (nSPS) is 26.0. The largest absolute Gasteiger partial charge is 0.357 e. The zero-order valence-corrected chi connectivity index (χ0v) is 18.8. The van der Waals surface area contributed by atoms with E-state index in [0.717, 1.165) is 19.0 Å². The first kappa shape index (κ1) is 21.2. The van der Waals surface area contributed by atoms with Gasteiger partial charge in [0.15, 0.2) is 5.96 Å². The molecule has 0 aromatic heterocycles. The van der Waals surface area contributed by atoms with E-state index in [4.69, 9.17) is 4.99 Å². The van der Waals surface area contributed by atoms with Crippen LogP contribution in [0.25, 0.3) is 0 Å². The van der Waals surface area contributed by atoms with Gasteiger partial charge in [-0.05, 0) is 45.6 Å². The molecule has 1 aliphatic carbocycles. The van der Waals surface area contributed by atoms with Gasteiger partial charge in [-0.3, -0.25) is 9.89 Å². The summed E-state index contributed by atoms with van der Waals surface area (Å²) in [4.78, 5) is 12.6. The third-order valence-electron chi connectivity index (χ3n) is 6.40. The van der Waals surface area contributed by atoms with Crippen molar-refractivity contribution >= 4 is 29.9 Å². The molecular formula is C19H38IN5. The fourth-order valence-corrected chi connectivity index (χ4v) is 4.67. The molecular weight excluding hydrogens is 425 g/mol. The van der Waals surface area contributed by atoms with Crippen LogP contribution in [0.3, 0.4) is 0 Å². The molecule has 3 rings (SSSR count). The Hall–Kier alpha value is -0.0800. The van der Waals surface area contributed by atoms with Crippen molar-refractivity contribution in [2.75, 3.05) is 59.4 Å². The van der Waals surface area contributed by atoms with Crippen LogP contribution in [0, 0.1) is 5.41 Å². The highest BCUT2D eigenvalue weighted by Crippen LogP contribution is 2.45. The topological polar surface area (TPSA) is 34.1 Å². The number of nitrogens with one attached hydrogen (secondary N) is 1. The Morgan fingerprint density at radius 2 is 1.76 bits per heavy atom. The third kappa shape index (κ3) is 5.45. The van der Waals surface area contributed by atoms with E-state index in [9.17, 15) is 0 Å². The second-order valence-corrected chi connectivity index (χ2v) is 8.26. The summed E-state index contributed by atoms with van der Waals surface area (Å²) in [6, 6.07) is 0.537. The Balaban J connectivity index is 0.00000225. The number of piperazine rings is 1. The standard InChI is InChI=1S/C19H37N5.HI/c1-4-20-18(24-10-9-19(16-24)7-5-6-8-19)21-15-17(2)23-13-11-22(3)12-14-23;/h17H,4-16H2,1-3H3,(H,20,21);1H. The van der Waals surface area contributed by atoms with Gasteiger partial charge in [-0.1, -0.05) is 12.8 Å². The maximum Gasteiger partial charge on any atom is 0.193 e. The molecule has 1 atom stereocenters. The molecule has 0 amide bonds. The average molecular weight is 463 g/mol. The minimum atomic E-state index is 0. The second-order valence-electron chi connectivity index (χ2n) is 8.26. The predicted molar refractivity (Wildman–Crippen MR) is 117 cm³/mol. The molecule has 1 saturated carbocycles. The van der Waals surface area contributed by atoms with Gasteiger partial charge in [-0.2, -0.15) is 0 Å². The maximum absolute atomic E-state index is 5.02. The molecule has 6 heteroatoms. The number of aliphatic imine (C=N–C) groups is 1. The number of hydrogen-bond donors (Lipinski definition) is 1. The van der Waals surface area contributed by atoms with E-state index in [-0.39, 0.29) is 24.0 Å². The highest BCUT2D eigenvalue weighted by atomic mass is 127. The summed E-state index contributed by atoms with van der Waals surface area (Å²) in [5.74, 6) is 1.15. The predicted octanol–water partition coefficient (Wildman–Crippen LogP) is 2.47. The quantitative estimate of drug-likeness (QED) is 0.395. The summed E-state index contributed by atoms with van der Waals surface area (Å²) >= 11 is 0. The Bertz CT molecular complexity index is 428. The average Bonchev–Trinajstić information content (AvgIpc) is 3.22. The second kappa shape index (κ2) is 9.74. The van der Waals surface area contributed by atoms with Crippen LogP contribution in [0.5, 0.6) is 0 Å². The van der Waals surface area contributed by atoms with Crippen LogP contribution in [0.2, 0.25) is 0 Å². The number of halogens is 1. The lowest BCUT2D eigenvalue weighted by molar-refractivity contribution is 0.122. The molecule has 25 heavy (non-hydrogen) atoms. The van der Waals surface area contributed by atoms with Gasteiger partial charge < -0.3 is 15.1 Å². The van der Waals surface area contributed by atoms with Crippen LogP contribution in [0.4, 0.5) is 0 Å². The lowest BCUT2D eigenvalue weighted by Gasteiger charge is -2.36. The Morgan fingerprint density at radius 1 is 1.08 bits per heavy atom. The van der Waals surface area contributed by atoms with Gasteiger partial charge in [0.2, 0.25) is 0 Å². The Morgan fingerprint density at radius 3 is 2.40 bits per heavy atom. The molecule has 2 aliphatic heterocycles. The highest BCUT2D eigenvalue weighted by molar-refractivity contribution is 14.0. The van der Waals surface area contributed by atoms with Gasteiger partial charge in [0.05, 0.1) is 6.54 Å². The minimum absolute atomic E-state index is 0. The third-order valence-corrected chi connectivity index (χ3v) is 6.40. The van der Waals surface area contributed by atoms with Crippen LogP contribution in [-0.4, -0.2) is 86.1 Å². The number of guanidine groups is 1. The van der Waals surface area contributed by atoms with Crippen LogP contribution in [0.1, 0.15) is 46.0 Å². The van der Waals surface area contributed by atoms with Gasteiger partial charge in [0, 0.05) is 51.9 Å². The molecule has 0 aromatic rings. The molecule has 5 nitrogen and oxygen atoms in total. The van der Waals surface area contributed by atoms with Gasteiger partial charge in [0.25, 0.3) is 0 Å². The Labute approximate surface area is 171 Å². The zero-order valence-electron chi connectivity index (χ0n) is 16.5. The van der Waals surface area contributed by atoms with Crippen molar-refractivity contribution in [1.82, 2.24) is 20.0 Å². The number of hydrogen-bond acceptors (Lipinski definition) is 3. The van der Waals surface area contributed by atoms with E-state index in [0.29, 0.717) is 11.5 Å². The SMILES string of the molecule is CCNC(=NCC(C)N1CCN(C)CC1)N1CCC2(CCCC2)C1.I. The highest BCUT2D eigenvalue weighted by Gasteiger charge is 2.41. The van der Waals surface area contributed by atoms with Crippen molar-refractivity contribution in [2.24, 2.45) is 10.4 Å². The number of nitrogens with zero attached hydrogens (tertiary/aromatic N) is 4. The smallest absolute Gasteiger partial charge is 0.193 e. The van der Waals surface area contributed by atoms with Crippen molar-refractivity contribution in [3.8, 4) is 0 Å². The van der Waals surface area contributed by atoms with E-state index in [1.54, 1.807) is 0 Å². The minimum Gasteiger partial charge on any atom is -0.357 e. The first-order valence-electron chi connectivity index (χ1n) is 10.1. The summed E-state index contributed by atoms with van der Waals surface area (Å²) in [6.07, 6.45) is 7.09. The number of likely N-dealkylation sites (N-methyl/N-ethyl adjacent to an activating group) is 1. The molecule has 146 valence electrons. The molecule has 2 saturated heterocycles. The molecule has 1 unspecified atom stereocenters. The molecule has 3 aliphatic rings. The maximum atomic E-state index is 5.02. The van der Waals surface area contributed by atoms with Crippen LogP contribution < -0.4 is 5.32 Å². The molecule has 1 spiro atoms. The van der Waals surface area contributed by atoms with E-state index in [2.05, 4.69) is 40.9 Å². The van der Waals surface area contributed by atoms with Crippen molar-refractivity contribution in [3.05, 3.63) is 0 Å². The molecule has 0 radical (unpaired) electrons. The van der Waals surface area contributed by atoms with Crippen LogP contribution in [0.15, 0.2) is 4.99 Å². The molecule has 0 aromatic carbocycles. The lowest BCUT2D eigenvalue weighted by Crippen LogP contribution is -2.49. The van der Waals surface area contributed by atoms with Crippen molar-refractivity contribution < 1.29 is 0 Å². The summed E-state index contributed by atoms with van der Waals surface area (Å²) in [5.41, 5.74) is 0.610. The lowest BCUT2D eigenvalue weighted by atomic mass is 9.86. The van der Waals surface area contributed by atoms with Gasteiger partial charge in [-0.15, -0.1) is 24.0 Å². The van der Waals surface area contributed by atoms with Crippen LogP contribution >= 0.6 is 24.0 Å². The Kier molecular flexibility index (Phi) is 8.27. The number of likely N-dealkylation sites (tertiary alicyclic amines) is 1. The van der Waals surface area contributed by atoms with Crippen molar-refractivity contribution in [1.29, 1.82) is 0 Å². The van der Waals surface area contributed by atoms with Gasteiger partial charge in [-0.25, -0.2) is 0 Å². The molecule has 3 fully saturated rings. The summed E-state index contributed by atoms with van der Waals surface area (Å²) in [7, 11) is 2.22. The van der Waals surface area contributed by atoms with Gasteiger partial charge in [0.1, 0.15) is 0 Å². The fourth-order valence-electron chi connectivity index (χ4n) is 4.67. The fraction of sp³-hybridized carbons (Fsp3) is 0.947.